The van der Waals surface area contributed by atoms with Crippen LogP contribution < -0.4 is 9.47 Å². The van der Waals surface area contributed by atoms with E-state index in [-0.39, 0.29) is 11.1 Å². The fourth-order valence-corrected chi connectivity index (χ4v) is 5.22. The number of halogens is 1. The molecule has 0 bridgehead atoms. The van der Waals surface area contributed by atoms with E-state index in [1.807, 2.05) is 24.4 Å². The lowest BCUT2D eigenvalue weighted by molar-refractivity contribution is 0.391. The van der Waals surface area contributed by atoms with Crippen molar-refractivity contribution in [2.45, 2.75) is 10.1 Å². The summed E-state index contributed by atoms with van der Waals surface area (Å²) in [5, 5.41) is 0.0405. The summed E-state index contributed by atoms with van der Waals surface area (Å²) in [6.45, 7) is 0. The standard InChI is InChI=1S/C26H21FN2O2S/c1-30-20-12-13-21(24(15-20)31-2)26-23-14-11-19(16-28-18-9-7-17(27)8-10-18)29(23)22-5-3-4-6-25(22)32-26/h3-16,26H,1-2H3. The predicted octanol–water partition coefficient (Wildman–Crippen LogP) is 6.58. The van der Waals surface area contributed by atoms with Gasteiger partial charge in [0.2, 0.25) is 0 Å². The van der Waals surface area contributed by atoms with Crippen LogP contribution in [0.4, 0.5) is 10.1 Å². The van der Waals surface area contributed by atoms with Gasteiger partial charge in [-0.05, 0) is 54.6 Å². The molecule has 1 aliphatic heterocycles. The van der Waals surface area contributed by atoms with Crippen LogP contribution in [0.2, 0.25) is 0 Å². The molecule has 0 aliphatic carbocycles. The maximum atomic E-state index is 13.2. The molecule has 0 N–H and O–H groups in total. The molecule has 4 nitrogen and oxygen atoms in total. The van der Waals surface area contributed by atoms with Gasteiger partial charge < -0.3 is 14.0 Å². The Morgan fingerprint density at radius 2 is 1.75 bits per heavy atom. The number of rotatable bonds is 5. The number of nitrogens with zero attached hydrogens (tertiary/aromatic N) is 2. The van der Waals surface area contributed by atoms with Crippen molar-refractivity contribution in [2.24, 2.45) is 4.99 Å². The zero-order valence-corrected chi connectivity index (χ0v) is 18.5. The van der Waals surface area contributed by atoms with E-state index in [4.69, 9.17) is 9.47 Å². The highest BCUT2D eigenvalue weighted by atomic mass is 32.2. The normalized spacial score (nSPS) is 14.8. The lowest BCUT2D eigenvalue weighted by atomic mass is 10.1. The van der Waals surface area contributed by atoms with Crippen molar-refractivity contribution in [1.82, 2.24) is 4.57 Å². The van der Waals surface area contributed by atoms with Gasteiger partial charge in [0, 0.05) is 22.2 Å². The smallest absolute Gasteiger partial charge is 0.127 e. The second-order valence-corrected chi connectivity index (χ2v) is 8.47. The average molecular weight is 445 g/mol. The first kappa shape index (κ1) is 20.4. The summed E-state index contributed by atoms with van der Waals surface area (Å²) < 4.78 is 26.5. The molecule has 0 amide bonds. The van der Waals surface area contributed by atoms with Gasteiger partial charge >= 0.3 is 0 Å². The first-order valence-corrected chi connectivity index (χ1v) is 11.0. The van der Waals surface area contributed by atoms with Crippen LogP contribution in [-0.4, -0.2) is 25.0 Å². The fraction of sp³-hybridized carbons (Fsp3) is 0.115. The Morgan fingerprint density at radius 3 is 2.53 bits per heavy atom. The van der Waals surface area contributed by atoms with Gasteiger partial charge in [0.15, 0.2) is 0 Å². The summed E-state index contributed by atoms with van der Waals surface area (Å²) in [6, 6.07) is 24.6. The minimum absolute atomic E-state index is 0.0405. The van der Waals surface area contributed by atoms with Crippen LogP contribution in [0.25, 0.3) is 5.69 Å². The van der Waals surface area contributed by atoms with E-state index in [9.17, 15) is 4.39 Å². The highest BCUT2D eigenvalue weighted by Gasteiger charge is 2.30. The highest BCUT2D eigenvalue weighted by Crippen LogP contribution is 2.50. The van der Waals surface area contributed by atoms with E-state index in [1.54, 1.807) is 38.1 Å². The lowest BCUT2D eigenvalue weighted by Crippen LogP contribution is -2.14. The summed E-state index contributed by atoms with van der Waals surface area (Å²) in [5.74, 6) is 1.27. The molecule has 3 aromatic carbocycles. The first-order chi connectivity index (χ1) is 15.7. The molecular formula is C26H21FN2O2S. The van der Waals surface area contributed by atoms with Crippen LogP contribution >= 0.6 is 11.8 Å². The third-order valence-corrected chi connectivity index (χ3v) is 6.79. The third-order valence-electron chi connectivity index (χ3n) is 5.46. The van der Waals surface area contributed by atoms with Crippen molar-refractivity contribution >= 4 is 23.7 Å². The SMILES string of the molecule is COc1ccc(C2Sc3ccccc3-n3c(C=Nc4ccc(F)cc4)ccc32)c(OC)c1. The Kier molecular flexibility index (Phi) is 5.45. The molecule has 1 aliphatic rings. The number of thioether (sulfide) groups is 1. The molecule has 160 valence electrons. The molecule has 4 aromatic rings. The van der Waals surface area contributed by atoms with E-state index in [0.29, 0.717) is 5.69 Å². The molecule has 0 radical (unpaired) electrons. The Labute approximate surface area is 190 Å². The van der Waals surface area contributed by atoms with Crippen molar-refractivity contribution in [3.63, 3.8) is 0 Å². The summed E-state index contributed by atoms with van der Waals surface area (Å²) in [6.07, 6.45) is 1.83. The van der Waals surface area contributed by atoms with Crippen LogP contribution in [0.3, 0.4) is 0 Å². The monoisotopic (exact) mass is 444 g/mol. The fourth-order valence-electron chi connectivity index (χ4n) is 3.91. The van der Waals surface area contributed by atoms with Crippen molar-refractivity contribution in [3.05, 3.63) is 102 Å². The van der Waals surface area contributed by atoms with Gasteiger partial charge in [-0.3, -0.25) is 4.99 Å². The minimum atomic E-state index is -0.272. The molecule has 0 saturated heterocycles. The Morgan fingerprint density at radius 1 is 0.938 bits per heavy atom. The summed E-state index contributed by atoms with van der Waals surface area (Å²) in [7, 11) is 3.33. The first-order valence-electron chi connectivity index (χ1n) is 10.2. The van der Waals surface area contributed by atoms with Gasteiger partial charge in [0.1, 0.15) is 17.3 Å². The molecule has 1 aromatic heterocycles. The van der Waals surface area contributed by atoms with Gasteiger partial charge in [0.05, 0.1) is 42.8 Å². The van der Waals surface area contributed by atoms with Crippen LogP contribution in [-0.2, 0) is 0 Å². The zero-order valence-electron chi connectivity index (χ0n) is 17.7. The molecule has 0 fully saturated rings. The molecular weight excluding hydrogens is 423 g/mol. The topological polar surface area (TPSA) is 35.8 Å². The minimum Gasteiger partial charge on any atom is -0.497 e. The Balaban J connectivity index is 1.61. The second kappa shape index (κ2) is 8.55. The molecule has 0 saturated carbocycles. The summed E-state index contributed by atoms with van der Waals surface area (Å²) in [5.41, 5.74) is 4.98. The molecule has 6 heteroatoms. The highest BCUT2D eigenvalue weighted by molar-refractivity contribution is 8.00. The van der Waals surface area contributed by atoms with Crippen LogP contribution in [0, 0.1) is 5.82 Å². The zero-order chi connectivity index (χ0) is 22.1. The maximum absolute atomic E-state index is 13.2. The molecule has 0 spiro atoms. The van der Waals surface area contributed by atoms with Crippen molar-refractivity contribution in [1.29, 1.82) is 0 Å². The number of aromatic nitrogens is 1. The number of methoxy groups -OCH3 is 2. The molecule has 1 atom stereocenters. The Bertz CT molecular complexity index is 1300. The lowest BCUT2D eigenvalue weighted by Gasteiger charge is -2.29. The van der Waals surface area contributed by atoms with Crippen molar-refractivity contribution in [3.8, 4) is 17.2 Å². The Hall–Kier alpha value is -3.51. The number of aliphatic imine (C=N–C) groups is 1. The number of fused-ring (bicyclic) bond motifs is 3. The third kappa shape index (κ3) is 3.67. The summed E-state index contributed by atoms with van der Waals surface area (Å²) >= 11 is 1.80. The number of hydrogen-bond acceptors (Lipinski definition) is 4. The van der Waals surface area contributed by atoms with E-state index >= 15 is 0 Å². The summed E-state index contributed by atoms with van der Waals surface area (Å²) in [4.78, 5) is 5.74. The second-order valence-electron chi connectivity index (χ2n) is 7.33. The van der Waals surface area contributed by atoms with E-state index in [2.05, 4.69) is 46.0 Å². The number of benzene rings is 3. The number of para-hydroxylation sites is 1. The van der Waals surface area contributed by atoms with Crippen LogP contribution in [0.15, 0.2) is 88.8 Å². The largest absolute Gasteiger partial charge is 0.497 e. The van der Waals surface area contributed by atoms with E-state index < -0.39 is 0 Å². The van der Waals surface area contributed by atoms with E-state index in [0.717, 1.165) is 34.1 Å². The van der Waals surface area contributed by atoms with Gasteiger partial charge in [0.25, 0.3) is 0 Å². The quantitative estimate of drug-likeness (QED) is 0.326. The van der Waals surface area contributed by atoms with Crippen molar-refractivity contribution < 1.29 is 13.9 Å². The van der Waals surface area contributed by atoms with Crippen molar-refractivity contribution in [2.75, 3.05) is 14.2 Å². The molecule has 1 unspecified atom stereocenters. The van der Waals surface area contributed by atoms with Gasteiger partial charge in [-0.15, -0.1) is 11.8 Å². The number of hydrogen-bond donors (Lipinski definition) is 0. The van der Waals surface area contributed by atoms with Gasteiger partial charge in [-0.2, -0.15) is 0 Å². The molecule has 2 heterocycles. The molecule has 32 heavy (non-hydrogen) atoms. The van der Waals surface area contributed by atoms with Gasteiger partial charge in [-0.1, -0.05) is 18.2 Å². The van der Waals surface area contributed by atoms with E-state index in [1.165, 1.54) is 17.0 Å². The van der Waals surface area contributed by atoms with Crippen LogP contribution in [0.5, 0.6) is 11.5 Å². The average Bonchev–Trinajstić information content (AvgIpc) is 3.27. The van der Waals surface area contributed by atoms with Gasteiger partial charge in [-0.25, -0.2) is 4.39 Å². The number of ether oxygens (including phenoxy) is 2. The maximum Gasteiger partial charge on any atom is 0.127 e. The van der Waals surface area contributed by atoms with Crippen LogP contribution in [0.1, 0.15) is 22.2 Å². The molecule has 5 rings (SSSR count). The predicted molar refractivity (Wildman–Crippen MR) is 127 cm³/mol.